The van der Waals surface area contributed by atoms with Crippen LogP contribution in [0.2, 0.25) is 0 Å². The number of ether oxygens (including phenoxy) is 1. The molecule has 0 fully saturated rings. The maximum Gasteiger partial charge on any atom is 0.338 e. The summed E-state index contributed by atoms with van der Waals surface area (Å²) in [5, 5.41) is 17.5. The number of thioether (sulfide) groups is 1. The Bertz CT molecular complexity index is 1060. The normalized spacial score (nSPS) is 12.4. The number of hydrogen-bond donors (Lipinski definition) is 1. The highest BCUT2D eigenvalue weighted by molar-refractivity contribution is 8.01. The summed E-state index contributed by atoms with van der Waals surface area (Å²) in [4.78, 5) is 24.5. The average Bonchev–Trinajstić information content (AvgIpc) is 3.18. The zero-order valence-electron chi connectivity index (χ0n) is 17.9. The lowest BCUT2D eigenvalue weighted by Gasteiger charge is -2.18. The second-order valence-electron chi connectivity index (χ2n) is 7.82. The standard InChI is InChI=1S/C23H25N3O4S/c1-15-5-7-17(8-6-15)13-26-14-20(24-25-26)16(2)30-21(27)18-9-11-19(12-10-18)31-23(3,4)22(28)29/h5-12,14,16H,13H2,1-4H3,(H,28,29)/t16-/m1/s1. The number of carboxylic acids is 1. The fraction of sp³-hybridized carbons (Fsp3) is 0.304. The van der Waals surface area contributed by atoms with Gasteiger partial charge in [-0.05, 0) is 57.5 Å². The van der Waals surface area contributed by atoms with Gasteiger partial charge in [-0.25, -0.2) is 9.48 Å². The largest absolute Gasteiger partial charge is 0.480 e. The molecular weight excluding hydrogens is 414 g/mol. The minimum atomic E-state index is -0.957. The molecule has 0 saturated heterocycles. The van der Waals surface area contributed by atoms with E-state index in [9.17, 15) is 14.7 Å². The quantitative estimate of drug-likeness (QED) is 0.408. The van der Waals surface area contributed by atoms with Gasteiger partial charge in [-0.3, -0.25) is 4.79 Å². The van der Waals surface area contributed by atoms with Crippen LogP contribution in [0.4, 0.5) is 0 Å². The number of nitrogens with zero attached hydrogens (tertiary/aromatic N) is 3. The number of aliphatic carboxylic acids is 1. The van der Waals surface area contributed by atoms with Crippen LogP contribution < -0.4 is 0 Å². The fourth-order valence-electron chi connectivity index (χ4n) is 2.74. The number of benzene rings is 2. The van der Waals surface area contributed by atoms with Crippen molar-refractivity contribution in [2.24, 2.45) is 0 Å². The molecule has 8 heteroatoms. The second-order valence-corrected chi connectivity index (χ2v) is 9.51. The van der Waals surface area contributed by atoms with E-state index in [0.717, 1.165) is 10.5 Å². The fourth-order valence-corrected chi connectivity index (χ4v) is 3.69. The molecule has 3 rings (SSSR count). The van der Waals surface area contributed by atoms with Crippen molar-refractivity contribution < 1.29 is 19.4 Å². The molecule has 0 saturated carbocycles. The lowest BCUT2D eigenvalue weighted by Crippen LogP contribution is -2.26. The minimum Gasteiger partial charge on any atom is -0.480 e. The van der Waals surface area contributed by atoms with Crippen LogP contribution in [0.25, 0.3) is 0 Å². The molecule has 1 aromatic heterocycles. The Morgan fingerprint density at radius 1 is 1.13 bits per heavy atom. The van der Waals surface area contributed by atoms with E-state index in [1.54, 1.807) is 55.9 Å². The molecule has 1 heterocycles. The molecule has 3 aromatic rings. The third kappa shape index (κ3) is 5.95. The van der Waals surface area contributed by atoms with E-state index in [4.69, 9.17) is 4.74 Å². The van der Waals surface area contributed by atoms with Crippen molar-refractivity contribution in [3.05, 3.63) is 77.1 Å². The molecule has 1 N–H and O–H groups in total. The van der Waals surface area contributed by atoms with Crippen LogP contribution in [0.15, 0.2) is 59.6 Å². The van der Waals surface area contributed by atoms with Crippen molar-refractivity contribution in [3.63, 3.8) is 0 Å². The summed E-state index contributed by atoms with van der Waals surface area (Å²) in [6.45, 7) is 7.64. The van der Waals surface area contributed by atoms with Gasteiger partial charge in [-0.15, -0.1) is 16.9 Å². The lowest BCUT2D eigenvalue weighted by molar-refractivity contribution is -0.138. The SMILES string of the molecule is Cc1ccc(Cn2cc([C@@H](C)OC(=O)c3ccc(SC(C)(C)C(=O)O)cc3)nn2)cc1. The van der Waals surface area contributed by atoms with Gasteiger partial charge < -0.3 is 9.84 Å². The molecule has 7 nitrogen and oxygen atoms in total. The first-order valence-corrected chi connectivity index (χ1v) is 10.6. The Balaban J connectivity index is 1.59. The van der Waals surface area contributed by atoms with E-state index >= 15 is 0 Å². The van der Waals surface area contributed by atoms with Crippen molar-refractivity contribution in [1.82, 2.24) is 15.0 Å². The Morgan fingerprint density at radius 2 is 1.77 bits per heavy atom. The molecule has 1 atom stereocenters. The van der Waals surface area contributed by atoms with Crippen LogP contribution in [0, 0.1) is 6.92 Å². The van der Waals surface area contributed by atoms with Crippen molar-refractivity contribution in [3.8, 4) is 0 Å². The van der Waals surface area contributed by atoms with Gasteiger partial charge in [0.2, 0.25) is 0 Å². The molecule has 0 aliphatic rings. The summed E-state index contributed by atoms with van der Waals surface area (Å²) in [5.74, 6) is -1.38. The molecule has 0 spiro atoms. The van der Waals surface area contributed by atoms with Crippen LogP contribution in [0.1, 0.15) is 54.1 Å². The van der Waals surface area contributed by atoms with E-state index in [2.05, 4.69) is 10.3 Å². The molecule has 0 bridgehead atoms. The molecular formula is C23H25N3O4S. The second kappa shape index (κ2) is 9.34. The summed E-state index contributed by atoms with van der Waals surface area (Å²) in [5.41, 5.74) is 3.25. The van der Waals surface area contributed by atoms with Crippen molar-refractivity contribution in [2.45, 2.75) is 50.0 Å². The zero-order valence-corrected chi connectivity index (χ0v) is 18.7. The van der Waals surface area contributed by atoms with Gasteiger partial charge in [-0.2, -0.15) is 0 Å². The molecule has 0 radical (unpaired) electrons. The van der Waals surface area contributed by atoms with E-state index < -0.39 is 22.8 Å². The summed E-state index contributed by atoms with van der Waals surface area (Å²) in [6.07, 6.45) is 1.21. The molecule has 0 aliphatic heterocycles. The van der Waals surface area contributed by atoms with Crippen molar-refractivity contribution >= 4 is 23.7 Å². The van der Waals surface area contributed by atoms with E-state index in [-0.39, 0.29) is 0 Å². The van der Waals surface area contributed by atoms with Gasteiger partial charge in [0, 0.05) is 4.90 Å². The van der Waals surface area contributed by atoms with Gasteiger partial charge in [0.25, 0.3) is 0 Å². The number of carboxylic acid groups (broad SMARTS) is 1. The monoisotopic (exact) mass is 439 g/mol. The number of aromatic nitrogens is 3. The van der Waals surface area contributed by atoms with E-state index in [1.165, 1.54) is 17.3 Å². The van der Waals surface area contributed by atoms with Crippen LogP contribution in [0.5, 0.6) is 0 Å². The van der Waals surface area contributed by atoms with Gasteiger partial charge in [0.15, 0.2) is 0 Å². The maximum absolute atomic E-state index is 12.5. The predicted octanol–water partition coefficient (Wildman–Crippen LogP) is 4.51. The Hall–Kier alpha value is -3.13. The molecule has 162 valence electrons. The molecule has 2 aromatic carbocycles. The highest BCUT2D eigenvalue weighted by Crippen LogP contribution is 2.32. The van der Waals surface area contributed by atoms with Gasteiger partial charge in [0.1, 0.15) is 16.5 Å². The topological polar surface area (TPSA) is 94.3 Å². The van der Waals surface area contributed by atoms with Gasteiger partial charge in [0.05, 0.1) is 18.3 Å². The molecule has 0 amide bonds. The van der Waals surface area contributed by atoms with E-state index in [0.29, 0.717) is 17.8 Å². The Morgan fingerprint density at radius 3 is 2.39 bits per heavy atom. The number of carbonyl (C=O) groups is 2. The first-order chi connectivity index (χ1) is 14.6. The Kier molecular flexibility index (Phi) is 6.80. The highest BCUT2D eigenvalue weighted by atomic mass is 32.2. The summed E-state index contributed by atoms with van der Waals surface area (Å²) < 4.78 is 6.28. The molecule has 0 unspecified atom stereocenters. The summed E-state index contributed by atoms with van der Waals surface area (Å²) in [6, 6.07) is 14.9. The number of hydrogen-bond acceptors (Lipinski definition) is 6. The predicted molar refractivity (Wildman–Crippen MR) is 118 cm³/mol. The number of carbonyl (C=O) groups excluding carboxylic acids is 1. The third-order valence-corrected chi connectivity index (χ3v) is 5.89. The van der Waals surface area contributed by atoms with E-state index in [1.807, 2.05) is 31.2 Å². The van der Waals surface area contributed by atoms with Crippen LogP contribution in [-0.4, -0.2) is 36.8 Å². The minimum absolute atomic E-state index is 0.386. The zero-order chi connectivity index (χ0) is 22.6. The first kappa shape index (κ1) is 22.6. The molecule has 0 aliphatic carbocycles. The molecule has 31 heavy (non-hydrogen) atoms. The smallest absolute Gasteiger partial charge is 0.338 e. The maximum atomic E-state index is 12.5. The first-order valence-electron chi connectivity index (χ1n) is 9.83. The number of aryl methyl sites for hydroxylation is 1. The number of esters is 1. The van der Waals surface area contributed by atoms with Gasteiger partial charge >= 0.3 is 11.9 Å². The van der Waals surface area contributed by atoms with Crippen molar-refractivity contribution in [1.29, 1.82) is 0 Å². The number of rotatable bonds is 8. The summed E-state index contributed by atoms with van der Waals surface area (Å²) in [7, 11) is 0. The van der Waals surface area contributed by atoms with Crippen LogP contribution in [-0.2, 0) is 16.1 Å². The van der Waals surface area contributed by atoms with Gasteiger partial charge in [-0.1, -0.05) is 35.0 Å². The van der Waals surface area contributed by atoms with Crippen molar-refractivity contribution in [2.75, 3.05) is 0 Å². The van der Waals surface area contributed by atoms with Crippen LogP contribution in [0.3, 0.4) is 0 Å². The third-order valence-electron chi connectivity index (χ3n) is 4.70. The lowest BCUT2D eigenvalue weighted by atomic mass is 10.1. The summed E-state index contributed by atoms with van der Waals surface area (Å²) >= 11 is 1.22. The van der Waals surface area contributed by atoms with Crippen LogP contribution >= 0.6 is 11.8 Å². The highest BCUT2D eigenvalue weighted by Gasteiger charge is 2.28. The average molecular weight is 440 g/mol. The Labute approximate surface area is 185 Å².